The van der Waals surface area contributed by atoms with Gasteiger partial charge in [0.25, 0.3) is 0 Å². The Morgan fingerprint density at radius 1 is 1.57 bits per heavy atom. The number of aryl methyl sites for hydroxylation is 1. The molecular weight excluding hydrogens is 181 g/mol. The molecule has 0 saturated carbocycles. The molecule has 0 bridgehead atoms. The Kier molecular flexibility index (Phi) is 2.54. The number of nitrogens with zero attached hydrogens (tertiary/aromatic N) is 2. The van der Waals surface area contributed by atoms with Gasteiger partial charge in [0.15, 0.2) is 5.67 Å². The first-order valence-electron chi connectivity index (χ1n) is 5.17. The average molecular weight is 197 g/mol. The molecule has 78 valence electrons. The summed E-state index contributed by atoms with van der Waals surface area (Å²) in [5.41, 5.74) is -1.22. The molecule has 1 aromatic rings. The monoisotopic (exact) mass is 197 g/mol. The molecule has 4 heteroatoms. The first kappa shape index (κ1) is 9.65. The number of hydrogen-bond donors (Lipinski definition) is 1. The summed E-state index contributed by atoms with van der Waals surface area (Å²) in [4.78, 5) is 4.14. The Hall–Kier alpha value is -0.900. The molecule has 2 heterocycles. The van der Waals surface area contributed by atoms with E-state index < -0.39 is 5.67 Å². The molecule has 2 rings (SSSR count). The van der Waals surface area contributed by atoms with Gasteiger partial charge in [-0.2, -0.15) is 0 Å². The normalized spacial score (nSPS) is 21.0. The molecule has 1 aliphatic rings. The molecule has 0 unspecified atom stereocenters. The van der Waals surface area contributed by atoms with Crippen LogP contribution in [-0.4, -0.2) is 22.6 Å². The molecule has 0 amide bonds. The number of rotatable bonds is 2. The molecule has 0 atom stereocenters. The zero-order valence-corrected chi connectivity index (χ0v) is 8.46. The standard InChI is InChI=1S/C10H16FN3/c1-2-14-8-7-13-9(14)10(11)3-5-12-6-4-10/h7-8,12H,2-6H2,1H3. The molecule has 1 saturated heterocycles. The van der Waals surface area contributed by atoms with Crippen LogP contribution in [0.3, 0.4) is 0 Å². The first-order chi connectivity index (χ1) is 6.76. The summed E-state index contributed by atoms with van der Waals surface area (Å²) in [6, 6.07) is 0. The van der Waals surface area contributed by atoms with Gasteiger partial charge in [0.05, 0.1) is 0 Å². The SMILES string of the molecule is CCn1ccnc1C1(F)CCNCC1. The van der Waals surface area contributed by atoms with Crippen molar-refractivity contribution in [3.8, 4) is 0 Å². The minimum Gasteiger partial charge on any atom is -0.333 e. The van der Waals surface area contributed by atoms with Gasteiger partial charge < -0.3 is 9.88 Å². The third kappa shape index (κ3) is 1.54. The van der Waals surface area contributed by atoms with E-state index in [9.17, 15) is 4.39 Å². The lowest BCUT2D eigenvalue weighted by Gasteiger charge is -2.29. The van der Waals surface area contributed by atoms with Gasteiger partial charge in [-0.1, -0.05) is 0 Å². The molecule has 1 aromatic heterocycles. The lowest BCUT2D eigenvalue weighted by Crippen LogP contribution is -2.38. The van der Waals surface area contributed by atoms with Crippen molar-refractivity contribution in [1.82, 2.24) is 14.9 Å². The maximum Gasteiger partial charge on any atom is 0.170 e. The number of halogens is 1. The molecule has 0 spiro atoms. The molecular formula is C10H16FN3. The van der Waals surface area contributed by atoms with Crippen molar-refractivity contribution < 1.29 is 4.39 Å². The highest BCUT2D eigenvalue weighted by molar-refractivity contribution is 5.07. The molecule has 1 aliphatic heterocycles. The second-order valence-corrected chi connectivity index (χ2v) is 3.75. The lowest BCUT2D eigenvalue weighted by molar-refractivity contribution is 0.0995. The Morgan fingerprint density at radius 2 is 2.29 bits per heavy atom. The van der Waals surface area contributed by atoms with Crippen LogP contribution < -0.4 is 5.32 Å². The van der Waals surface area contributed by atoms with E-state index in [1.807, 2.05) is 17.7 Å². The highest BCUT2D eigenvalue weighted by Crippen LogP contribution is 2.33. The summed E-state index contributed by atoms with van der Waals surface area (Å²) in [5.74, 6) is 0.599. The van der Waals surface area contributed by atoms with Gasteiger partial charge in [0.2, 0.25) is 0 Å². The zero-order valence-electron chi connectivity index (χ0n) is 8.46. The molecule has 14 heavy (non-hydrogen) atoms. The molecule has 1 N–H and O–H groups in total. The number of piperidine rings is 1. The largest absolute Gasteiger partial charge is 0.333 e. The molecule has 0 aliphatic carbocycles. The highest BCUT2D eigenvalue weighted by atomic mass is 19.1. The van der Waals surface area contributed by atoms with Crippen LogP contribution in [0.5, 0.6) is 0 Å². The van der Waals surface area contributed by atoms with Crippen LogP contribution in [-0.2, 0) is 12.2 Å². The Balaban J connectivity index is 2.27. The fourth-order valence-corrected chi connectivity index (χ4v) is 2.00. The quantitative estimate of drug-likeness (QED) is 0.777. The zero-order chi connectivity index (χ0) is 10.0. The maximum absolute atomic E-state index is 14.5. The summed E-state index contributed by atoms with van der Waals surface area (Å²) < 4.78 is 16.4. The summed E-state index contributed by atoms with van der Waals surface area (Å²) in [6.07, 6.45) is 4.59. The second-order valence-electron chi connectivity index (χ2n) is 3.75. The first-order valence-corrected chi connectivity index (χ1v) is 5.17. The van der Waals surface area contributed by atoms with Crippen molar-refractivity contribution in [2.75, 3.05) is 13.1 Å². The van der Waals surface area contributed by atoms with Gasteiger partial charge in [-0.3, -0.25) is 0 Å². The van der Waals surface area contributed by atoms with Crippen molar-refractivity contribution in [1.29, 1.82) is 0 Å². The summed E-state index contributed by atoms with van der Waals surface area (Å²) in [6.45, 7) is 4.28. The van der Waals surface area contributed by atoms with E-state index >= 15 is 0 Å². The van der Waals surface area contributed by atoms with E-state index in [-0.39, 0.29) is 0 Å². The van der Waals surface area contributed by atoms with E-state index in [2.05, 4.69) is 10.3 Å². The summed E-state index contributed by atoms with van der Waals surface area (Å²) in [5, 5.41) is 3.16. The van der Waals surface area contributed by atoms with Crippen LogP contribution in [0.15, 0.2) is 12.4 Å². The summed E-state index contributed by atoms with van der Waals surface area (Å²) in [7, 11) is 0. The van der Waals surface area contributed by atoms with Crippen molar-refractivity contribution in [2.45, 2.75) is 32.0 Å². The van der Waals surface area contributed by atoms with Crippen LogP contribution in [0.1, 0.15) is 25.6 Å². The smallest absolute Gasteiger partial charge is 0.170 e. The Bertz CT molecular complexity index is 302. The highest BCUT2D eigenvalue weighted by Gasteiger charge is 2.37. The van der Waals surface area contributed by atoms with Gasteiger partial charge in [0.1, 0.15) is 5.82 Å². The van der Waals surface area contributed by atoms with E-state index in [1.165, 1.54) is 0 Å². The predicted octanol–water partition coefficient (Wildman–Crippen LogP) is 1.45. The van der Waals surface area contributed by atoms with Crippen LogP contribution in [0.4, 0.5) is 4.39 Å². The van der Waals surface area contributed by atoms with Crippen LogP contribution in [0.25, 0.3) is 0 Å². The fraction of sp³-hybridized carbons (Fsp3) is 0.700. The molecule has 0 radical (unpaired) electrons. The fourth-order valence-electron chi connectivity index (χ4n) is 2.00. The van der Waals surface area contributed by atoms with E-state index in [0.29, 0.717) is 18.7 Å². The van der Waals surface area contributed by atoms with Gasteiger partial charge >= 0.3 is 0 Å². The number of aromatic nitrogens is 2. The van der Waals surface area contributed by atoms with Crippen molar-refractivity contribution in [3.63, 3.8) is 0 Å². The van der Waals surface area contributed by atoms with Gasteiger partial charge in [-0.25, -0.2) is 9.37 Å². The number of nitrogens with one attached hydrogen (secondary N) is 1. The summed E-state index contributed by atoms with van der Waals surface area (Å²) >= 11 is 0. The van der Waals surface area contributed by atoms with Crippen LogP contribution in [0.2, 0.25) is 0 Å². The van der Waals surface area contributed by atoms with Crippen LogP contribution >= 0.6 is 0 Å². The van der Waals surface area contributed by atoms with E-state index in [0.717, 1.165) is 19.6 Å². The average Bonchev–Trinajstić information content (AvgIpc) is 2.67. The van der Waals surface area contributed by atoms with Crippen molar-refractivity contribution in [3.05, 3.63) is 18.2 Å². The number of alkyl halides is 1. The number of hydrogen-bond acceptors (Lipinski definition) is 2. The van der Waals surface area contributed by atoms with Crippen molar-refractivity contribution in [2.24, 2.45) is 0 Å². The predicted molar refractivity (Wildman–Crippen MR) is 52.8 cm³/mol. The third-order valence-corrected chi connectivity index (χ3v) is 2.85. The van der Waals surface area contributed by atoms with Gasteiger partial charge in [-0.15, -0.1) is 0 Å². The Labute approximate surface area is 83.3 Å². The lowest BCUT2D eigenvalue weighted by atomic mass is 9.93. The topological polar surface area (TPSA) is 29.9 Å². The Morgan fingerprint density at radius 3 is 2.93 bits per heavy atom. The number of imidazole rings is 1. The van der Waals surface area contributed by atoms with Crippen molar-refractivity contribution >= 4 is 0 Å². The third-order valence-electron chi connectivity index (χ3n) is 2.85. The molecule has 3 nitrogen and oxygen atoms in total. The van der Waals surface area contributed by atoms with E-state index in [1.54, 1.807) is 6.20 Å². The second kappa shape index (κ2) is 3.69. The minimum atomic E-state index is -1.22. The van der Waals surface area contributed by atoms with Crippen LogP contribution in [0, 0.1) is 0 Å². The van der Waals surface area contributed by atoms with E-state index in [4.69, 9.17) is 0 Å². The molecule has 1 fully saturated rings. The van der Waals surface area contributed by atoms with Gasteiger partial charge in [-0.05, 0) is 20.0 Å². The minimum absolute atomic E-state index is 0.532. The van der Waals surface area contributed by atoms with Gasteiger partial charge in [0, 0.05) is 31.8 Å². The molecule has 0 aromatic carbocycles. The maximum atomic E-state index is 14.5.